The average molecular weight is 897 g/mol. The van der Waals surface area contributed by atoms with Gasteiger partial charge in [0.2, 0.25) is 0 Å². The van der Waals surface area contributed by atoms with Gasteiger partial charge in [-0.05, 0) is 94.0 Å². The molecule has 330 valence electrons. The maximum absolute atomic E-state index is 6.93. The first-order chi connectivity index (χ1) is 34.6. The molecule has 0 fully saturated rings. The first kappa shape index (κ1) is 40.0. The number of hydrogen-bond acceptors (Lipinski definition) is 4. The summed E-state index contributed by atoms with van der Waals surface area (Å²) in [5.41, 5.74) is 16.6. The van der Waals surface area contributed by atoms with Crippen LogP contribution in [0.25, 0.3) is 98.4 Å². The highest BCUT2D eigenvalue weighted by molar-refractivity contribution is 6.29. The smallest absolute Gasteiger partial charge is 0.159 e. The molecule has 14 aromatic rings. The average Bonchev–Trinajstić information content (AvgIpc) is 3.99. The topological polar surface area (TPSA) is 32.8 Å². The normalized spacial score (nSPS) is 11.9. The maximum atomic E-state index is 6.93. The summed E-state index contributed by atoms with van der Waals surface area (Å²) in [5.74, 6) is 0. The van der Waals surface area contributed by atoms with Gasteiger partial charge in [-0.25, -0.2) is 0 Å². The van der Waals surface area contributed by atoms with E-state index in [1.165, 1.54) is 21.5 Å². The van der Waals surface area contributed by atoms with Gasteiger partial charge in [-0.2, -0.15) is 0 Å². The Hall–Kier alpha value is -9.12. The molecule has 12 aromatic carbocycles. The molecule has 0 aliphatic heterocycles. The first-order valence-corrected chi connectivity index (χ1v) is 24.0. The van der Waals surface area contributed by atoms with Gasteiger partial charge in [0.1, 0.15) is 11.2 Å². The Kier molecular flexibility index (Phi) is 8.99. The molecule has 0 aliphatic carbocycles. The minimum absolute atomic E-state index is 0.861. The molecule has 0 saturated carbocycles. The van der Waals surface area contributed by atoms with Crippen LogP contribution in [-0.4, -0.2) is 0 Å². The van der Waals surface area contributed by atoms with E-state index in [9.17, 15) is 0 Å². The number of rotatable bonds is 8. The monoisotopic (exact) mass is 896 g/mol. The molecule has 0 aliphatic rings. The molecule has 0 saturated heterocycles. The van der Waals surface area contributed by atoms with Gasteiger partial charge in [0.05, 0.1) is 34.1 Å². The summed E-state index contributed by atoms with van der Waals surface area (Å²) in [5, 5.41) is 11.4. The lowest BCUT2D eigenvalue weighted by atomic mass is 9.91. The maximum Gasteiger partial charge on any atom is 0.159 e. The Morgan fingerprint density at radius 3 is 1.11 bits per heavy atom. The lowest BCUT2D eigenvalue weighted by Crippen LogP contribution is -2.14. The van der Waals surface area contributed by atoms with Gasteiger partial charge in [-0.1, -0.05) is 194 Å². The lowest BCUT2D eigenvalue weighted by Gasteiger charge is -2.32. The van der Waals surface area contributed by atoms with Crippen LogP contribution in [0, 0.1) is 13.8 Å². The Morgan fingerprint density at radius 2 is 0.657 bits per heavy atom. The largest absolute Gasteiger partial charge is 0.454 e. The fourth-order valence-corrected chi connectivity index (χ4v) is 11.3. The predicted octanol–water partition coefficient (Wildman–Crippen LogP) is 19.3. The molecule has 4 heteroatoms. The van der Waals surface area contributed by atoms with E-state index in [1.807, 2.05) is 0 Å². The van der Waals surface area contributed by atoms with Gasteiger partial charge in [0.15, 0.2) is 11.2 Å². The molecule has 2 heterocycles. The van der Waals surface area contributed by atoms with Crippen LogP contribution in [0.1, 0.15) is 11.1 Å². The molecule has 4 nitrogen and oxygen atoms in total. The second-order valence-corrected chi connectivity index (χ2v) is 18.4. The SMILES string of the molecule is Cc1ccc2c(oc3ccccc32)c1N(c1ccccc1-c1ccccc1)c1ccc2ccc3c(N(c4ccccc4-c4ccccc4)c4c(C)ccc5c4oc4ccccc45)ccc4ccc1c2c43. The van der Waals surface area contributed by atoms with E-state index >= 15 is 0 Å². The van der Waals surface area contributed by atoms with Crippen molar-refractivity contribution >= 4 is 110 Å². The lowest BCUT2D eigenvalue weighted by molar-refractivity contribution is 0.668. The minimum Gasteiger partial charge on any atom is -0.454 e. The van der Waals surface area contributed by atoms with Gasteiger partial charge < -0.3 is 18.6 Å². The highest BCUT2D eigenvalue weighted by Crippen LogP contribution is 2.53. The summed E-state index contributed by atoms with van der Waals surface area (Å²) < 4.78 is 13.9. The molecular weight excluding hydrogens is 853 g/mol. The van der Waals surface area contributed by atoms with E-state index < -0.39 is 0 Å². The Bertz CT molecular complexity index is 4060. The molecule has 0 bridgehead atoms. The number of hydrogen-bond donors (Lipinski definition) is 0. The van der Waals surface area contributed by atoms with Crippen LogP contribution in [-0.2, 0) is 0 Å². The van der Waals surface area contributed by atoms with E-state index in [0.29, 0.717) is 0 Å². The van der Waals surface area contributed by atoms with Crippen molar-refractivity contribution in [3.05, 3.63) is 242 Å². The van der Waals surface area contributed by atoms with Crippen molar-refractivity contribution in [2.24, 2.45) is 0 Å². The summed E-state index contributed by atoms with van der Waals surface area (Å²) in [4.78, 5) is 4.92. The number of fused-ring (bicyclic) bond motifs is 6. The molecule has 70 heavy (non-hydrogen) atoms. The molecular formula is C66H44N2O2. The van der Waals surface area contributed by atoms with Crippen molar-refractivity contribution < 1.29 is 8.83 Å². The third-order valence-corrected chi connectivity index (χ3v) is 14.5. The highest BCUT2D eigenvalue weighted by atomic mass is 16.3. The molecule has 14 rings (SSSR count). The number of para-hydroxylation sites is 4. The fourth-order valence-electron chi connectivity index (χ4n) is 11.3. The summed E-state index contributed by atoms with van der Waals surface area (Å²) >= 11 is 0. The summed E-state index contributed by atoms with van der Waals surface area (Å²) in [7, 11) is 0. The Morgan fingerprint density at radius 1 is 0.286 bits per heavy atom. The zero-order valence-electron chi connectivity index (χ0n) is 38.7. The van der Waals surface area contributed by atoms with Crippen LogP contribution in [0.2, 0.25) is 0 Å². The third-order valence-electron chi connectivity index (χ3n) is 14.5. The van der Waals surface area contributed by atoms with Gasteiger partial charge in [0, 0.05) is 43.4 Å². The van der Waals surface area contributed by atoms with Crippen LogP contribution < -0.4 is 9.80 Å². The van der Waals surface area contributed by atoms with Crippen LogP contribution in [0.3, 0.4) is 0 Å². The molecule has 0 unspecified atom stereocenters. The van der Waals surface area contributed by atoms with Crippen LogP contribution in [0.15, 0.2) is 239 Å². The van der Waals surface area contributed by atoms with Crippen LogP contribution >= 0.6 is 0 Å². The zero-order chi connectivity index (χ0) is 46.5. The van der Waals surface area contributed by atoms with Gasteiger partial charge in [0.25, 0.3) is 0 Å². The molecule has 0 atom stereocenters. The van der Waals surface area contributed by atoms with Gasteiger partial charge in [-0.3, -0.25) is 0 Å². The second-order valence-electron chi connectivity index (χ2n) is 18.4. The summed E-state index contributed by atoms with van der Waals surface area (Å²) in [6.07, 6.45) is 0. The second kappa shape index (κ2) is 15.7. The van der Waals surface area contributed by atoms with Crippen molar-refractivity contribution in [2.75, 3.05) is 9.80 Å². The highest BCUT2D eigenvalue weighted by Gasteiger charge is 2.29. The number of aryl methyl sites for hydroxylation is 2. The van der Waals surface area contributed by atoms with Crippen molar-refractivity contribution in [1.82, 2.24) is 0 Å². The van der Waals surface area contributed by atoms with Crippen LogP contribution in [0.5, 0.6) is 0 Å². The fraction of sp³-hybridized carbons (Fsp3) is 0.0303. The number of nitrogens with zero attached hydrogens (tertiary/aromatic N) is 2. The Balaban J connectivity index is 1.08. The molecule has 0 radical (unpaired) electrons. The van der Waals surface area contributed by atoms with E-state index in [-0.39, 0.29) is 0 Å². The quantitative estimate of drug-likeness (QED) is 0.142. The molecule has 0 N–H and O–H groups in total. The van der Waals surface area contributed by atoms with Crippen molar-refractivity contribution in [3.8, 4) is 22.3 Å². The third kappa shape index (κ3) is 6.03. The molecule has 2 aromatic heterocycles. The van der Waals surface area contributed by atoms with Crippen molar-refractivity contribution in [1.29, 1.82) is 0 Å². The minimum atomic E-state index is 0.861. The van der Waals surface area contributed by atoms with Gasteiger partial charge in [-0.15, -0.1) is 0 Å². The predicted molar refractivity (Wildman–Crippen MR) is 294 cm³/mol. The standard InChI is InChI=1S/C66H44N2O2/c1-41-29-35-51-49-23-11-15-27-59(49)69-65(51)63(41)67(55-25-13-9-21-47(55)43-17-5-3-6-18-43)57-39-33-45-32-38-54-58(40-34-46-31-37-53(57)61(45)62(46)54)68(56-26-14-10-22-48(56)44-19-7-4-8-20-44)64-42(2)30-36-52-50-24-12-16-28-60(50)70-66(52)64/h3-40H,1-2H3. The van der Waals surface area contributed by atoms with Crippen molar-refractivity contribution in [2.45, 2.75) is 13.8 Å². The zero-order valence-corrected chi connectivity index (χ0v) is 38.7. The van der Waals surface area contributed by atoms with E-state index in [2.05, 4.69) is 254 Å². The van der Waals surface area contributed by atoms with E-state index in [1.54, 1.807) is 0 Å². The van der Waals surface area contributed by atoms with Crippen molar-refractivity contribution in [3.63, 3.8) is 0 Å². The van der Waals surface area contributed by atoms with Crippen LogP contribution in [0.4, 0.5) is 34.1 Å². The number of furan rings is 2. The first-order valence-electron chi connectivity index (χ1n) is 24.0. The van der Waals surface area contributed by atoms with Gasteiger partial charge >= 0.3 is 0 Å². The number of anilines is 6. The van der Waals surface area contributed by atoms with E-state index in [0.717, 1.165) is 122 Å². The van der Waals surface area contributed by atoms with E-state index in [4.69, 9.17) is 8.83 Å². The Labute approximate surface area is 404 Å². The molecule has 0 amide bonds. The number of benzene rings is 12. The molecule has 0 spiro atoms. The summed E-state index contributed by atoms with van der Waals surface area (Å²) in [6, 6.07) is 83.1. The summed E-state index contributed by atoms with van der Waals surface area (Å²) in [6.45, 7) is 4.41.